The van der Waals surface area contributed by atoms with Crippen LogP contribution in [0.1, 0.15) is 66.2 Å². The van der Waals surface area contributed by atoms with Crippen LogP contribution in [0.4, 0.5) is 0 Å². The normalized spacial score (nSPS) is 35.6. The monoisotopic (exact) mass is 410 g/mol. The van der Waals surface area contributed by atoms with Gasteiger partial charge < -0.3 is 15.3 Å². The summed E-state index contributed by atoms with van der Waals surface area (Å²) in [5, 5.41) is 30.0. The third-order valence-electron chi connectivity index (χ3n) is 7.15. The Morgan fingerprint density at radius 1 is 1.30 bits per heavy atom. The SMILES string of the molecule is C=C1/C(=C\C=C2/CCC[C@]3(C)C([C@H](C)C=C=CC(C)(C)O)=CC[C@@H]23)C[C@@H](O)CC1O. The maximum atomic E-state index is 10.1. The summed E-state index contributed by atoms with van der Waals surface area (Å²) in [7, 11) is 0. The van der Waals surface area contributed by atoms with Crippen LogP contribution in [-0.2, 0) is 0 Å². The molecule has 0 aromatic heterocycles. The first-order chi connectivity index (χ1) is 14.0. The molecule has 3 nitrogen and oxygen atoms in total. The lowest BCUT2D eigenvalue weighted by Crippen LogP contribution is -2.32. The molecule has 0 saturated heterocycles. The summed E-state index contributed by atoms with van der Waals surface area (Å²) in [6.07, 6.45) is 14.9. The molecule has 0 bridgehead atoms. The van der Waals surface area contributed by atoms with E-state index in [2.05, 4.69) is 50.5 Å². The van der Waals surface area contributed by atoms with Crippen LogP contribution in [0.3, 0.4) is 0 Å². The Balaban J connectivity index is 1.80. The third kappa shape index (κ3) is 4.98. The smallest absolute Gasteiger partial charge is 0.0844 e. The number of hydrogen-bond donors (Lipinski definition) is 3. The molecule has 0 heterocycles. The Morgan fingerprint density at radius 3 is 2.73 bits per heavy atom. The Bertz CT molecular complexity index is 829. The van der Waals surface area contributed by atoms with Gasteiger partial charge in [-0.1, -0.05) is 49.8 Å². The van der Waals surface area contributed by atoms with Crippen molar-refractivity contribution in [1.82, 2.24) is 0 Å². The molecule has 30 heavy (non-hydrogen) atoms. The van der Waals surface area contributed by atoms with Crippen molar-refractivity contribution in [3.05, 3.63) is 65.0 Å². The number of aliphatic hydroxyl groups excluding tert-OH is 2. The number of rotatable bonds is 4. The maximum absolute atomic E-state index is 10.1. The second-order valence-electron chi connectivity index (χ2n) is 10.2. The van der Waals surface area contributed by atoms with Crippen molar-refractivity contribution >= 4 is 0 Å². The lowest BCUT2D eigenvalue weighted by Gasteiger charge is -2.42. The summed E-state index contributed by atoms with van der Waals surface area (Å²) in [4.78, 5) is 0. The van der Waals surface area contributed by atoms with Crippen molar-refractivity contribution in [2.75, 3.05) is 0 Å². The molecule has 3 heteroatoms. The van der Waals surface area contributed by atoms with E-state index in [9.17, 15) is 15.3 Å². The van der Waals surface area contributed by atoms with Crippen LogP contribution in [-0.4, -0.2) is 33.1 Å². The molecule has 2 fully saturated rings. The molecule has 0 amide bonds. The van der Waals surface area contributed by atoms with Crippen LogP contribution in [0.25, 0.3) is 0 Å². The lowest BCUT2D eigenvalue weighted by atomic mass is 9.62. The summed E-state index contributed by atoms with van der Waals surface area (Å²) in [5.41, 5.74) is 7.16. The molecule has 0 aromatic rings. The molecule has 0 aromatic carbocycles. The van der Waals surface area contributed by atoms with Crippen molar-refractivity contribution in [2.24, 2.45) is 17.3 Å². The zero-order valence-corrected chi connectivity index (χ0v) is 19.0. The van der Waals surface area contributed by atoms with Crippen molar-refractivity contribution in [2.45, 2.75) is 84.0 Å². The van der Waals surface area contributed by atoms with Crippen LogP contribution in [0, 0.1) is 17.3 Å². The van der Waals surface area contributed by atoms with Crippen molar-refractivity contribution < 1.29 is 15.3 Å². The Labute approximate surface area is 181 Å². The molecular weight excluding hydrogens is 372 g/mol. The molecular formula is C27H38O3. The van der Waals surface area contributed by atoms with Gasteiger partial charge in [-0.2, -0.15) is 0 Å². The largest absolute Gasteiger partial charge is 0.393 e. The fourth-order valence-electron chi connectivity index (χ4n) is 5.51. The highest BCUT2D eigenvalue weighted by Gasteiger charge is 2.45. The molecule has 5 atom stereocenters. The predicted octanol–water partition coefficient (Wildman–Crippen LogP) is 5.17. The highest BCUT2D eigenvalue weighted by Crippen LogP contribution is 2.56. The third-order valence-corrected chi connectivity index (χ3v) is 7.15. The van der Waals surface area contributed by atoms with Crippen LogP contribution in [0.5, 0.6) is 0 Å². The van der Waals surface area contributed by atoms with Crippen molar-refractivity contribution in [1.29, 1.82) is 0 Å². The quantitative estimate of drug-likeness (QED) is 0.443. The Morgan fingerprint density at radius 2 is 2.03 bits per heavy atom. The van der Waals surface area contributed by atoms with Crippen LogP contribution in [0.2, 0.25) is 0 Å². The van der Waals surface area contributed by atoms with E-state index < -0.39 is 17.8 Å². The van der Waals surface area contributed by atoms with Gasteiger partial charge in [0.05, 0.1) is 17.8 Å². The number of aliphatic hydroxyl groups is 3. The van der Waals surface area contributed by atoms with E-state index in [1.54, 1.807) is 19.9 Å². The van der Waals surface area contributed by atoms with Gasteiger partial charge >= 0.3 is 0 Å². The lowest BCUT2D eigenvalue weighted by molar-refractivity contribution is 0.0862. The van der Waals surface area contributed by atoms with Gasteiger partial charge in [0.25, 0.3) is 0 Å². The second kappa shape index (κ2) is 8.85. The molecule has 0 aliphatic heterocycles. The van der Waals surface area contributed by atoms with E-state index in [0.717, 1.165) is 24.0 Å². The van der Waals surface area contributed by atoms with E-state index in [-0.39, 0.29) is 5.41 Å². The van der Waals surface area contributed by atoms with E-state index >= 15 is 0 Å². The molecule has 3 aliphatic carbocycles. The number of fused-ring (bicyclic) bond motifs is 1. The molecule has 0 spiro atoms. The minimum Gasteiger partial charge on any atom is -0.393 e. The van der Waals surface area contributed by atoms with Gasteiger partial charge in [-0.3, -0.25) is 0 Å². The molecule has 0 radical (unpaired) electrons. The molecule has 3 N–H and O–H groups in total. The molecule has 3 rings (SSSR count). The first-order valence-electron chi connectivity index (χ1n) is 11.3. The average Bonchev–Trinajstić information content (AvgIpc) is 3.00. The minimum absolute atomic E-state index is 0.150. The van der Waals surface area contributed by atoms with E-state index in [4.69, 9.17) is 0 Å². The highest BCUT2D eigenvalue weighted by molar-refractivity contribution is 5.40. The van der Waals surface area contributed by atoms with Crippen LogP contribution < -0.4 is 0 Å². The topological polar surface area (TPSA) is 60.7 Å². The first-order valence-corrected chi connectivity index (χ1v) is 11.3. The summed E-state index contributed by atoms with van der Waals surface area (Å²) in [5.74, 6) is 0.790. The molecule has 1 unspecified atom stereocenters. The number of hydrogen-bond acceptors (Lipinski definition) is 3. The minimum atomic E-state index is -0.842. The van der Waals surface area contributed by atoms with E-state index in [0.29, 0.717) is 24.7 Å². The van der Waals surface area contributed by atoms with Gasteiger partial charge in [-0.05, 0) is 80.6 Å². The molecule has 3 aliphatic rings. The Kier molecular flexibility index (Phi) is 6.79. The second-order valence-corrected chi connectivity index (χ2v) is 10.2. The van der Waals surface area contributed by atoms with Gasteiger partial charge in [0, 0.05) is 12.3 Å². The van der Waals surface area contributed by atoms with Gasteiger partial charge in [-0.15, -0.1) is 5.73 Å². The Hall–Kier alpha value is -1.64. The van der Waals surface area contributed by atoms with Gasteiger partial charge in [0.2, 0.25) is 0 Å². The maximum Gasteiger partial charge on any atom is 0.0844 e. The summed E-state index contributed by atoms with van der Waals surface area (Å²) in [6.45, 7) is 12.2. The summed E-state index contributed by atoms with van der Waals surface area (Å²) < 4.78 is 0. The van der Waals surface area contributed by atoms with Gasteiger partial charge in [0.15, 0.2) is 0 Å². The zero-order valence-electron chi connectivity index (χ0n) is 19.0. The number of allylic oxidation sites excluding steroid dienone is 5. The fraction of sp³-hybridized carbons (Fsp3) is 0.593. The van der Waals surface area contributed by atoms with Gasteiger partial charge in [0.1, 0.15) is 0 Å². The first kappa shape index (κ1) is 23.0. The standard InChI is InChI=1S/C27H38O3/c1-18(8-6-14-26(3,4)30)23-12-13-24-20(9-7-15-27(23,24)5)10-11-21-16-22(28)17-25(29)19(21)2/h8,10-12,14,18,22,24-25,28-30H,2,7,9,13,15-17H2,1,3-5H3/b20-10+,21-11-/t6?,18-,22-,24+,25?,27-/m1/s1. The van der Waals surface area contributed by atoms with Crippen LogP contribution >= 0.6 is 0 Å². The zero-order chi connectivity index (χ0) is 22.1. The summed E-state index contributed by atoms with van der Waals surface area (Å²) >= 11 is 0. The van der Waals surface area contributed by atoms with E-state index in [1.807, 2.05) is 0 Å². The average molecular weight is 411 g/mol. The van der Waals surface area contributed by atoms with Crippen molar-refractivity contribution in [3.63, 3.8) is 0 Å². The molecule has 2 saturated carbocycles. The summed E-state index contributed by atoms with van der Waals surface area (Å²) in [6, 6.07) is 0. The predicted molar refractivity (Wildman–Crippen MR) is 123 cm³/mol. The van der Waals surface area contributed by atoms with Gasteiger partial charge in [-0.25, -0.2) is 0 Å². The highest BCUT2D eigenvalue weighted by atomic mass is 16.3. The van der Waals surface area contributed by atoms with Crippen LogP contribution in [0.15, 0.2) is 65.0 Å². The molecule has 164 valence electrons. The fourth-order valence-corrected chi connectivity index (χ4v) is 5.51. The van der Waals surface area contributed by atoms with E-state index in [1.165, 1.54) is 24.0 Å². The van der Waals surface area contributed by atoms with Crippen molar-refractivity contribution in [3.8, 4) is 0 Å².